The third-order valence-corrected chi connectivity index (χ3v) is 4.86. The van der Waals surface area contributed by atoms with E-state index in [4.69, 9.17) is 22.1 Å². The van der Waals surface area contributed by atoms with Crippen molar-refractivity contribution in [2.75, 3.05) is 11.9 Å². The lowest BCUT2D eigenvalue weighted by Gasteiger charge is -2.11. The van der Waals surface area contributed by atoms with Crippen molar-refractivity contribution in [2.45, 2.75) is 13.5 Å². The van der Waals surface area contributed by atoms with E-state index in [0.717, 1.165) is 5.56 Å². The fraction of sp³-hybridized carbons (Fsp3) is 0.125. The number of anilines is 1. The van der Waals surface area contributed by atoms with Gasteiger partial charge in [0.25, 0.3) is 11.8 Å². The maximum atomic E-state index is 12.5. The minimum Gasteiger partial charge on any atom is -0.488 e. The molecule has 32 heavy (non-hydrogen) atoms. The Kier molecular flexibility index (Phi) is 7.46. The first-order chi connectivity index (χ1) is 15.3. The summed E-state index contributed by atoms with van der Waals surface area (Å²) in [6.45, 7) is 1.82. The Labute approximate surface area is 190 Å². The second-order valence-electron chi connectivity index (χ2n) is 7.06. The molecule has 0 radical (unpaired) electrons. The van der Waals surface area contributed by atoms with E-state index >= 15 is 0 Å². The molecule has 0 aliphatic rings. The van der Waals surface area contributed by atoms with Crippen LogP contribution in [0.25, 0.3) is 0 Å². The SMILES string of the molecule is Cc1ccc(NC(=O)CNC(=O)c2cccc(COc3ccccc3C(N)=O)c2)c(Cl)c1. The molecule has 0 aromatic heterocycles. The molecule has 3 aromatic carbocycles. The summed E-state index contributed by atoms with van der Waals surface area (Å²) < 4.78 is 5.69. The summed E-state index contributed by atoms with van der Waals surface area (Å²) in [7, 11) is 0. The first kappa shape index (κ1) is 22.8. The maximum Gasteiger partial charge on any atom is 0.252 e. The van der Waals surface area contributed by atoms with Crippen LogP contribution in [0.15, 0.2) is 66.7 Å². The number of halogens is 1. The molecule has 3 rings (SSSR count). The predicted molar refractivity (Wildman–Crippen MR) is 123 cm³/mol. The zero-order valence-corrected chi connectivity index (χ0v) is 18.1. The Hall–Kier alpha value is -3.84. The van der Waals surface area contributed by atoms with Crippen LogP contribution < -0.4 is 21.1 Å². The minimum absolute atomic E-state index is 0.137. The Morgan fingerprint density at radius 1 is 1.00 bits per heavy atom. The zero-order chi connectivity index (χ0) is 23.1. The topological polar surface area (TPSA) is 111 Å². The quantitative estimate of drug-likeness (QED) is 0.485. The van der Waals surface area contributed by atoms with Gasteiger partial charge in [-0.05, 0) is 54.4 Å². The molecule has 3 aromatic rings. The molecule has 0 atom stereocenters. The van der Waals surface area contributed by atoms with Crippen molar-refractivity contribution in [3.05, 3.63) is 94.0 Å². The molecule has 3 amide bonds. The first-order valence-corrected chi connectivity index (χ1v) is 10.2. The number of nitrogens with one attached hydrogen (secondary N) is 2. The van der Waals surface area contributed by atoms with Crippen molar-refractivity contribution < 1.29 is 19.1 Å². The third kappa shape index (κ3) is 6.09. The van der Waals surface area contributed by atoms with Gasteiger partial charge in [-0.2, -0.15) is 0 Å². The highest BCUT2D eigenvalue weighted by molar-refractivity contribution is 6.33. The largest absolute Gasteiger partial charge is 0.488 e. The zero-order valence-electron chi connectivity index (χ0n) is 17.4. The molecule has 164 valence electrons. The molecule has 8 heteroatoms. The van der Waals surface area contributed by atoms with E-state index in [1.165, 1.54) is 0 Å². The van der Waals surface area contributed by atoms with Gasteiger partial charge in [0, 0.05) is 5.56 Å². The maximum absolute atomic E-state index is 12.5. The fourth-order valence-corrected chi connectivity index (χ4v) is 3.22. The molecule has 0 saturated carbocycles. The number of carbonyl (C=O) groups is 3. The van der Waals surface area contributed by atoms with Crippen LogP contribution in [0, 0.1) is 6.92 Å². The molecule has 0 aliphatic heterocycles. The van der Waals surface area contributed by atoms with E-state index in [9.17, 15) is 14.4 Å². The van der Waals surface area contributed by atoms with Crippen molar-refractivity contribution >= 4 is 35.0 Å². The molecule has 0 aliphatic carbocycles. The van der Waals surface area contributed by atoms with Gasteiger partial charge in [0.1, 0.15) is 12.4 Å². The Bertz CT molecular complexity index is 1160. The standard InChI is InChI=1S/C24H22ClN3O4/c1-15-9-10-20(19(25)11-15)28-22(29)13-27-24(31)17-6-4-5-16(12-17)14-32-21-8-3-2-7-18(21)23(26)30/h2-12H,13-14H2,1H3,(H2,26,30)(H,27,31)(H,28,29). The molecule has 0 fully saturated rings. The van der Waals surface area contributed by atoms with Gasteiger partial charge in [0.15, 0.2) is 0 Å². The number of ether oxygens (including phenoxy) is 1. The average Bonchev–Trinajstić information content (AvgIpc) is 2.78. The number of hydrogen-bond donors (Lipinski definition) is 3. The predicted octanol–water partition coefficient (Wildman–Crippen LogP) is 3.69. The molecular weight excluding hydrogens is 430 g/mol. The minimum atomic E-state index is -0.584. The number of para-hydroxylation sites is 1. The fourth-order valence-electron chi connectivity index (χ4n) is 2.94. The highest BCUT2D eigenvalue weighted by atomic mass is 35.5. The highest BCUT2D eigenvalue weighted by Gasteiger charge is 2.12. The normalized spacial score (nSPS) is 10.3. The van der Waals surface area contributed by atoms with E-state index in [-0.39, 0.29) is 18.7 Å². The van der Waals surface area contributed by atoms with Crippen LogP contribution in [0.2, 0.25) is 5.02 Å². The van der Waals surface area contributed by atoms with E-state index in [1.54, 1.807) is 60.7 Å². The molecule has 4 N–H and O–H groups in total. The summed E-state index contributed by atoms with van der Waals surface area (Å²) in [6.07, 6.45) is 0. The summed E-state index contributed by atoms with van der Waals surface area (Å²) >= 11 is 6.11. The van der Waals surface area contributed by atoms with Crippen LogP contribution in [-0.4, -0.2) is 24.3 Å². The summed E-state index contributed by atoms with van der Waals surface area (Å²) in [4.78, 5) is 36.1. The second-order valence-corrected chi connectivity index (χ2v) is 7.47. The molecule has 0 unspecified atom stereocenters. The second kappa shape index (κ2) is 10.5. The number of aryl methyl sites for hydroxylation is 1. The number of amides is 3. The molecular formula is C24H22ClN3O4. The van der Waals surface area contributed by atoms with Gasteiger partial charge < -0.3 is 21.1 Å². The lowest BCUT2D eigenvalue weighted by atomic mass is 10.1. The van der Waals surface area contributed by atoms with Crippen LogP contribution in [0.4, 0.5) is 5.69 Å². The van der Waals surface area contributed by atoms with Crippen molar-refractivity contribution in [2.24, 2.45) is 5.73 Å². The lowest BCUT2D eigenvalue weighted by Crippen LogP contribution is -2.33. The summed E-state index contributed by atoms with van der Waals surface area (Å²) in [5, 5.41) is 5.67. The third-order valence-electron chi connectivity index (χ3n) is 4.54. The van der Waals surface area contributed by atoms with E-state index in [0.29, 0.717) is 27.6 Å². The number of nitrogens with two attached hydrogens (primary N) is 1. The molecule has 7 nitrogen and oxygen atoms in total. The van der Waals surface area contributed by atoms with Crippen molar-refractivity contribution in [1.29, 1.82) is 0 Å². The van der Waals surface area contributed by atoms with Gasteiger partial charge in [-0.15, -0.1) is 0 Å². The Balaban J connectivity index is 1.57. The summed E-state index contributed by atoms with van der Waals surface area (Å²) in [5.74, 6) is -1.03. The Morgan fingerprint density at radius 2 is 1.78 bits per heavy atom. The van der Waals surface area contributed by atoms with Crippen molar-refractivity contribution in [3.63, 3.8) is 0 Å². The molecule has 0 spiro atoms. The molecule has 0 heterocycles. The number of hydrogen-bond acceptors (Lipinski definition) is 4. The molecule has 0 saturated heterocycles. The van der Waals surface area contributed by atoms with Crippen LogP contribution in [0.1, 0.15) is 31.8 Å². The number of benzene rings is 3. The van der Waals surface area contributed by atoms with Crippen LogP contribution in [0.3, 0.4) is 0 Å². The molecule has 0 bridgehead atoms. The Morgan fingerprint density at radius 3 is 2.53 bits per heavy atom. The van der Waals surface area contributed by atoms with Gasteiger partial charge in [-0.1, -0.05) is 41.9 Å². The highest BCUT2D eigenvalue weighted by Crippen LogP contribution is 2.22. The van der Waals surface area contributed by atoms with Gasteiger partial charge >= 0.3 is 0 Å². The monoisotopic (exact) mass is 451 g/mol. The smallest absolute Gasteiger partial charge is 0.252 e. The van der Waals surface area contributed by atoms with Gasteiger partial charge in [-0.3, -0.25) is 14.4 Å². The summed E-state index contributed by atoms with van der Waals surface area (Å²) in [6, 6.07) is 18.7. The number of primary amides is 1. The first-order valence-electron chi connectivity index (χ1n) is 9.78. The number of carbonyl (C=O) groups excluding carboxylic acids is 3. The van der Waals surface area contributed by atoms with Crippen LogP contribution in [0.5, 0.6) is 5.75 Å². The summed E-state index contributed by atoms with van der Waals surface area (Å²) in [5.41, 5.74) is 8.18. The van der Waals surface area contributed by atoms with Gasteiger partial charge in [0.2, 0.25) is 5.91 Å². The van der Waals surface area contributed by atoms with Crippen LogP contribution in [-0.2, 0) is 11.4 Å². The number of rotatable bonds is 8. The average molecular weight is 452 g/mol. The van der Waals surface area contributed by atoms with Gasteiger partial charge in [0.05, 0.1) is 22.8 Å². The van der Waals surface area contributed by atoms with Crippen molar-refractivity contribution in [3.8, 4) is 5.75 Å². The van der Waals surface area contributed by atoms with Crippen LogP contribution >= 0.6 is 11.6 Å². The van der Waals surface area contributed by atoms with Crippen molar-refractivity contribution in [1.82, 2.24) is 5.32 Å². The van der Waals surface area contributed by atoms with Gasteiger partial charge in [-0.25, -0.2) is 0 Å². The lowest BCUT2D eigenvalue weighted by molar-refractivity contribution is -0.115. The van der Waals surface area contributed by atoms with E-state index in [2.05, 4.69) is 10.6 Å². The van der Waals surface area contributed by atoms with E-state index < -0.39 is 17.7 Å². The van der Waals surface area contributed by atoms with E-state index in [1.807, 2.05) is 13.0 Å².